The predicted octanol–water partition coefficient (Wildman–Crippen LogP) is 0.851. The van der Waals surface area contributed by atoms with Crippen molar-refractivity contribution in [2.45, 2.75) is 32.4 Å². The Bertz CT molecular complexity index is 294. The van der Waals surface area contributed by atoms with Gasteiger partial charge in [0.15, 0.2) is 5.82 Å². The number of thioether (sulfide) groups is 1. The zero-order valence-corrected chi connectivity index (χ0v) is 9.83. The van der Waals surface area contributed by atoms with Crippen molar-refractivity contribution in [2.24, 2.45) is 0 Å². The summed E-state index contributed by atoms with van der Waals surface area (Å²) in [5, 5.41) is 15.2. The molecule has 1 fully saturated rings. The second-order valence-electron chi connectivity index (χ2n) is 3.73. The van der Waals surface area contributed by atoms with Gasteiger partial charge in [0.2, 0.25) is 0 Å². The Balaban J connectivity index is 1.95. The summed E-state index contributed by atoms with van der Waals surface area (Å²) in [6.45, 7) is 3.96. The molecule has 0 saturated carbocycles. The molecular formula is C9H17N5S. The van der Waals surface area contributed by atoms with E-state index in [1.165, 1.54) is 12.2 Å². The summed E-state index contributed by atoms with van der Waals surface area (Å²) >= 11 is 1.98. The molecule has 1 saturated heterocycles. The van der Waals surface area contributed by atoms with Crippen molar-refractivity contribution in [1.29, 1.82) is 0 Å². The van der Waals surface area contributed by atoms with Gasteiger partial charge in [0, 0.05) is 5.75 Å². The molecule has 0 bridgehead atoms. The molecular weight excluding hydrogens is 210 g/mol. The fraction of sp³-hybridized carbons (Fsp3) is 0.889. The molecule has 1 aliphatic rings. The number of nitrogens with zero attached hydrogens (tertiary/aromatic N) is 4. The van der Waals surface area contributed by atoms with Crippen LogP contribution in [0.15, 0.2) is 0 Å². The second-order valence-corrected chi connectivity index (χ2v) is 4.88. The summed E-state index contributed by atoms with van der Waals surface area (Å²) in [5.74, 6) is 3.34. The van der Waals surface area contributed by atoms with Crippen molar-refractivity contribution in [3.05, 3.63) is 5.82 Å². The molecule has 15 heavy (non-hydrogen) atoms. The highest BCUT2D eigenvalue weighted by molar-refractivity contribution is 7.99. The maximum atomic E-state index is 4.08. The standard InChI is InChI=1S/C9H17N5S/c1-2-4-10-6-9-11-12-13-14(9)8-3-5-15-7-8/h8,10H,2-7H2,1H3. The summed E-state index contributed by atoms with van der Waals surface area (Å²) in [6.07, 6.45) is 2.33. The van der Waals surface area contributed by atoms with Gasteiger partial charge in [-0.3, -0.25) is 0 Å². The van der Waals surface area contributed by atoms with Gasteiger partial charge in [-0.05, 0) is 35.6 Å². The molecule has 0 spiro atoms. The van der Waals surface area contributed by atoms with Gasteiger partial charge in [0.1, 0.15) is 0 Å². The first-order valence-corrected chi connectivity index (χ1v) is 6.62. The van der Waals surface area contributed by atoms with Gasteiger partial charge in [-0.25, -0.2) is 4.68 Å². The molecule has 1 aliphatic heterocycles. The second kappa shape index (κ2) is 5.46. The zero-order chi connectivity index (χ0) is 10.5. The van der Waals surface area contributed by atoms with Crippen molar-refractivity contribution in [1.82, 2.24) is 25.5 Å². The highest BCUT2D eigenvalue weighted by atomic mass is 32.2. The van der Waals surface area contributed by atoms with Crippen molar-refractivity contribution in [3.8, 4) is 0 Å². The molecule has 0 aliphatic carbocycles. The van der Waals surface area contributed by atoms with Crippen LogP contribution in [0.3, 0.4) is 0 Å². The highest BCUT2D eigenvalue weighted by Crippen LogP contribution is 2.27. The van der Waals surface area contributed by atoms with Gasteiger partial charge in [0.05, 0.1) is 12.6 Å². The summed E-state index contributed by atoms with van der Waals surface area (Å²) < 4.78 is 1.99. The lowest BCUT2D eigenvalue weighted by atomic mass is 10.3. The zero-order valence-electron chi connectivity index (χ0n) is 9.02. The van der Waals surface area contributed by atoms with E-state index in [1.54, 1.807) is 0 Å². The van der Waals surface area contributed by atoms with E-state index in [-0.39, 0.29) is 0 Å². The molecule has 84 valence electrons. The molecule has 0 amide bonds. The van der Waals surface area contributed by atoms with Gasteiger partial charge >= 0.3 is 0 Å². The van der Waals surface area contributed by atoms with E-state index in [4.69, 9.17) is 0 Å². The Hall–Kier alpha value is -0.620. The first kappa shape index (κ1) is 10.9. The summed E-state index contributed by atoms with van der Waals surface area (Å²) in [6, 6.07) is 0.503. The quantitative estimate of drug-likeness (QED) is 0.756. The van der Waals surface area contributed by atoms with Crippen LogP contribution in [0.25, 0.3) is 0 Å². The number of hydrogen-bond donors (Lipinski definition) is 1. The van der Waals surface area contributed by atoms with Crippen LogP contribution in [-0.4, -0.2) is 38.3 Å². The van der Waals surface area contributed by atoms with Crippen LogP contribution in [-0.2, 0) is 6.54 Å². The molecule has 5 nitrogen and oxygen atoms in total. The molecule has 2 rings (SSSR count). The van der Waals surface area contributed by atoms with Gasteiger partial charge in [-0.2, -0.15) is 11.8 Å². The Morgan fingerprint density at radius 1 is 1.60 bits per heavy atom. The highest BCUT2D eigenvalue weighted by Gasteiger charge is 2.21. The van der Waals surface area contributed by atoms with Crippen LogP contribution in [0.1, 0.15) is 31.6 Å². The molecule has 1 atom stereocenters. The smallest absolute Gasteiger partial charge is 0.165 e. The third kappa shape index (κ3) is 2.69. The largest absolute Gasteiger partial charge is 0.310 e. The van der Waals surface area contributed by atoms with Gasteiger partial charge in [-0.15, -0.1) is 5.10 Å². The van der Waals surface area contributed by atoms with Gasteiger partial charge < -0.3 is 5.32 Å². The fourth-order valence-corrected chi connectivity index (χ4v) is 2.89. The van der Waals surface area contributed by atoms with Crippen LogP contribution >= 0.6 is 11.8 Å². The summed E-state index contributed by atoms with van der Waals surface area (Å²) in [4.78, 5) is 0. The van der Waals surface area contributed by atoms with Crippen molar-refractivity contribution < 1.29 is 0 Å². The SMILES string of the molecule is CCCNCc1nnnn1C1CCSC1. The first-order valence-electron chi connectivity index (χ1n) is 5.47. The average molecular weight is 227 g/mol. The van der Waals surface area contributed by atoms with Crippen molar-refractivity contribution >= 4 is 11.8 Å². The van der Waals surface area contributed by atoms with Crippen LogP contribution in [0.4, 0.5) is 0 Å². The van der Waals surface area contributed by atoms with E-state index in [0.29, 0.717) is 6.04 Å². The van der Waals surface area contributed by atoms with Crippen LogP contribution in [0, 0.1) is 0 Å². The van der Waals surface area contributed by atoms with E-state index in [2.05, 4.69) is 27.8 Å². The van der Waals surface area contributed by atoms with E-state index in [0.717, 1.165) is 31.1 Å². The number of rotatable bonds is 5. The van der Waals surface area contributed by atoms with E-state index < -0.39 is 0 Å². The minimum absolute atomic E-state index is 0.503. The minimum atomic E-state index is 0.503. The summed E-state index contributed by atoms with van der Waals surface area (Å²) in [5.41, 5.74) is 0. The Morgan fingerprint density at radius 3 is 3.27 bits per heavy atom. The van der Waals surface area contributed by atoms with Crippen LogP contribution in [0.5, 0.6) is 0 Å². The molecule has 6 heteroatoms. The fourth-order valence-electron chi connectivity index (χ4n) is 1.70. The molecule has 1 unspecified atom stereocenters. The topological polar surface area (TPSA) is 55.6 Å². The monoisotopic (exact) mass is 227 g/mol. The average Bonchev–Trinajstić information content (AvgIpc) is 2.87. The normalized spacial score (nSPS) is 21.0. The first-order chi connectivity index (χ1) is 7.42. The molecule has 0 aromatic carbocycles. The molecule has 1 aromatic rings. The third-order valence-corrected chi connectivity index (χ3v) is 3.67. The Labute approximate surface area is 94.0 Å². The van der Waals surface area contributed by atoms with E-state index >= 15 is 0 Å². The Morgan fingerprint density at radius 2 is 2.53 bits per heavy atom. The lowest BCUT2D eigenvalue weighted by molar-refractivity contribution is 0.459. The summed E-state index contributed by atoms with van der Waals surface area (Å²) in [7, 11) is 0. The maximum absolute atomic E-state index is 4.08. The number of nitrogens with one attached hydrogen (secondary N) is 1. The van der Waals surface area contributed by atoms with Crippen LogP contribution in [0.2, 0.25) is 0 Å². The number of tetrazole rings is 1. The lowest BCUT2D eigenvalue weighted by Crippen LogP contribution is -2.20. The van der Waals surface area contributed by atoms with Crippen molar-refractivity contribution in [3.63, 3.8) is 0 Å². The minimum Gasteiger partial charge on any atom is -0.310 e. The lowest BCUT2D eigenvalue weighted by Gasteiger charge is -2.10. The molecule has 1 aromatic heterocycles. The van der Waals surface area contributed by atoms with Crippen molar-refractivity contribution in [2.75, 3.05) is 18.1 Å². The number of aromatic nitrogens is 4. The Kier molecular flexibility index (Phi) is 3.96. The predicted molar refractivity (Wildman–Crippen MR) is 60.8 cm³/mol. The van der Waals surface area contributed by atoms with Crippen LogP contribution < -0.4 is 5.32 Å². The van der Waals surface area contributed by atoms with Gasteiger partial charge in [0.25, 0.3) is 0 Å². The molecule has 2 heterocycles. The third-order valence-electron chi connectivity index (χ3n) is 2.52. The van der Waals surface area contributed by atoms with Gasteiger partial charge in [-0.1, -0.05) is 6.92 Å². The maximum Gasteiger partial charge on any atom is 0.165 e. The number of hydrogen-bond acceptors (Lipinski definition) is 5. The van der Waals surface area contributed by atoms with E-state index in [1.807, 2.05) is 16.4 Å². The molecule has 0 radical (unpaired) electrons. The van der Waals surface area contributed by atoms with E-state index in [9.17, 15) is 0 Å². The molecule has 1 N–H and O–H groups in total.